The second-order valence-electron chi connectivity index (χ2n) is 2.82. The van der Waals surface area contributed by atoms with E-state index in [2.05, 4.69) is 4.94 Å². The second-order valence-corrected chi connectivity index (χ2v) is 2.82. The lowest BCUT2D eigenvalue weighted by atomic mass is 10.1. The normalized spacial score (nSPS) is 12.7. The van der Waals surface area contributed by atoms with Crippen LogP contribution in [0, 0.1) is 0 Å². The van der Waals surface area contributed by atoms with Crippen LogP contribution in [-0.2, 0) is 12.4 Å². The average Bonchev–Trinajstić information content (AvgIpc) is 2.14. The summed E-state index contributed by atoms with van der Waals surface area (Å²) in [5.41, 5.74) is -3.26. The molecule has 1 aromatic carbocycles. The van der Waals surface area contributed by atoms with Crippen molar-refractivity contribution >= 4 is 0 Å². The fourth-order valence-corrected chi connectivity index (χ4v) is 0.971. The maximum atomic E-state index is 12.1. The van der Waals surface area contributed by atoms with Crippen LogP contribution in [0.2, 0.25) is 0 Å². The zero-order chi connectivity index (χ0) is 12.6. The number of hydrogen-bond acceptors (Lipinski definition) is 1. The SMILES string of the molecule is FOc1cc(C(F)(F)F)cc(C(F)(F)F)c1. The largest absolute Gasteiger partial charge is 0.416 e. The number of benzene rings is 1. The van der Waals surface area contributed by atoms with Crippen LogP contribution in [0.15, 0.2) is 18.2 Å². The molecule has 0 aliphatic carbocycles. The van der Waals surface area contributed by atoms with Crippen LogP contribution >= 0.6 is 0 Å². The van der Waals surface area contributed by atoms with Crippen molar-refractivity contribution in [3.63, 3.8) is 0 Å². The van der Waals surface area contributed by atoms with Crippen LogP contribution in [0.25, 0.3) is 0 Å². The predicted molar refractivity (Wildman–Crippen MR) is 38.2 cm³/mol. The standard InChI is InChI=1S/C8H3F7O/c9-7(10,11)4-1-5(8(12,13)14)3-6(2-4)16-15/h1-3H. The molecule has 90 valence electrons. The minimum Gasteiger partial charge on any atom is -0.294 e. The van der Waals surface area contributed by atoms with Gasteiger partial charge in [-0.1, -0.05) is 0 Å². The van der Waals surface area contributed by atoms with E-state index in [4.69, 9.17) is 0 Å². The Balaban J connectivity index is 3.33. The van der Waals surface area contributed by atoms with E-state index in [0.717, 1.165) is 0 Å². The third-order valence-electron chi connectivity index (χ3n) is 1.65. The lowest BCUT2D eigenvalue weighted by molar-refractivity contribution is -0.143. The molecule has 8 heteroatoms. The maximum Gasteiger partial charge on any atom is 0.416 e. The van der Waals surface area contributed by atoms with Crippen molar-refractivity contribution in [3.8, 4) is 5.75 Å². The molecular formula is C8H3F7O. The monoisotopic (exact) mass is 248 g/mol. The highest BCUT2D eigenvalue weighted by molar-refractivity contribution is 5.37. The highest BCUT2D eigenvalue weighted by Crippen LogP contribution is 2.38. The zero-order valence-electron chi connectivity index (χ0n) is 7.29. The third-order valence-corrected chi connectivity index (χ3v) is 1.65. The molecule has 16 heavy (non-hydrogen) atoms. The van der Waals surface area contributed by atoms with Gasteiger partial charge in [-0.15, -0.1) is 0 Å². The summed E-state index contributed by atoms with van der Waals surface area (Å²) in [6.07, 6.45) is -10.0. The Bertz CT molecular complexity index is 347. The summed E-state index contributed by atoms with van der Waals surface area (Å²) < 4.78 is 84.4. The number of halogens is 7. The van der Waals surface area contributed by atoms with Crippen LogP contribution in [0.5, 0.6) is 5.75 Å². The number of rotatable bonds is 1. The first-order valence-corrected chi connectivity index (χ1v) is 3.72. The highest BCUT2D eigenvalue weighted by Gasteiger charge is 2.37. The average molecular weight is 248 g/mol. The Kier molecular flexibility index (Phi) is 3.02. The lowest BCUT2D eigenvalue weighted by Crippen LogP contribution is -2.10. The second kappa shape index (κ2) is 3.84. The molecule has 0 unspecified atom stereocenters. The van der Waals surface area contributed by atoms with Gasteiger partial charge in [0.25, 0.3) is 0 Å². The molecule has 0 bridgehead atoms. The van der Waals surface area contributed by atoms with Crippen molar-refractivity contribution < 1.29 is 35.8 Å². The minimum atomic E-state index is -5.01. The lowest BCUT2D eigenvalue weighted by Gasteiger charge is -2.12. The fourth-order valence-electron chi connectivity index (χ4n) is 0.971. The van der Waals surface area contributed by atoms with Gasteiger partial charge in [-0.3, -0.25) is 4.94 Å². The first-order valence-electron chi connectivity index (χ1n) is 3.72. The van der Waals surface area contributed by atoms with Gasteiger partial charge in [-0.2, -0.15) is 26.3 Å². The Morgan fingerprint density at radius 3 is 1.38 bits per heavy atom. The Morgan fingerprint density at radius 2 is 1.12 bits per heavy atom. The molecule has 1 rings (SSSR count). The van der Waals surface area contributed by atoms with Crippen molar-refractivity contribution in [2.75, 3.05) is 0 Å². The summed E-state index contributed by atoms with van der Waals surface area (Å²) >= 11 is 0. The summed E-state index contributed by atoms with van der Waals surface area (Å²) in [7, 11) is 0. The number of hydrogen-bond donors (Lipinski definition) is 0. The van der Waals surface area contributed by atoms with Gasteiger partial charge in [-0.25, -0.2) is 0 Å². The van der Waals surface area contributed by atoms with Gasteiger partial charge in [0.1, 0.15) is 0 Å². The summed E-state index contributed by atoms with van der Waals surface area (Å²) in [5, 5.41) is 0. The van der Waals surface area contributed by atoms with Gasteiger partial charge in [0.2, 0.25) is 0 Å². The molecule has 0 heterocycles. The van der Waals surface area contributed by atoms with Crippen molar-refractivity contribution in [2.24, 2.45) is 0 Å². The Labute approximate surface area is 84.3 Å². The maximum absolute atomic E-state index is 12.1. The third kappa shape index (κ3) is 2.77. The van der Waals surface area contributed by atoms with Gasteiger partial charge in [0, 0.05) is 4.53 Å². The Morgan fingerprint density at radius 1 is 0.750 bits per heavy atom. The summed E-state index contributed by atoms with van der Waals surface area (Å²) in [6, 6.07) is 0.146. The smallest absolute Gasteiger partial charge is 0.294 e. The number of alkyl halides is 6. The molecule has 0 fully saturated rings. The van der Waals surface area contributed by atoms with Crippen LogP contribution in [0.1, 0.15) is 11.1 Å². The predicted octanol–water partition coefficient (Wildman–Crippen LogP) is 3.99. The minimum absolute atomic E-state index is 0.123. The van der Waals surface area contributed by atoms with Gasteiger partial charge < -0.3 is 0 Å². The van der Waals surface area contributed by atoms with Crippen LogP contribution < -0.4 is 4.94 Å². The molecule has 0 amide bonds. The van der Waals surface area contributed by atoms with E-state index in [9.17, 15) is 30.9 Å². The zero-order valence-corrected chi connectivity index (χ0v) is 7.29. The Hall–Kier alpha value is -1.47. The molecule has 0 aromatic heterocycles. The van der Waals surface area contributed by atoms with Gasteiger partial charge >= 0.3 is 12.4 Å². The molecule has 1 nitrogen and oxygen atoms in total. The van der Waals surface area contributed by atoms with E-state index in [0.29, 0.717) is 0 Å². The first-order chi connectivity index (χ1) is 7.14. The quantitative estimate of drug-likeness (QED) is 0.683. The first kappa shape index (κ1) is 12.6. The van der Waals surface area contributed by atoms with E-state index in [1.807, 2.05) is 0 Å². The van der Waals surface area contributed by atoms with E-state index in [1.165, 1.54) is 0 Å². The summed E-state index contributed by atoms with van der Waals surface area (Å²) in [5.74, 6) is -1.15. The summed E-state index contributed by atoms with van der Waals surface area (Å²) in [4.78, 5) is 2.89. The topological polar surface area (TPSA) is 9.23 Å². The van der Waals surface area contributed by atoms with Crippen molar-refractivity contribution in [1.82, 2.24) is 0 Å². The fraction of sp³-hybridized carbons (Fsp3) is 0.250. The van der Waals surface area contributed by atoms with Gasteiger partial charge in [-0.05, 0) is 18.2 Å². The van der Waals surface area contributed by atoms with Gasteiger partial charge in [0.15, 0.2) is 5.75 Å². The van der Waals surface area contributed by atoms with E-state index < -0.39 is 29.2 Å². The molecule has 0 aliphatic rings. The molecule has 0 atom stereocenters. The molecule has 0 radical (unpaired) electrons. The van der Waals surface area contributed by atoms with Crippen molar-refractivity contribution in [2.45, 2.75) is 12.4 Å². The molecule has 0 saturated heterocycles. The molecule has 0 N–H and O–H groups in total. The van der Waals surface area contributed by atoms with Crippen LogP contribution in [0.3, 0.4) is 0 Å². The van der Waals surface area contributed by atoms with Crippen LogP contribution in [-0.4, -0.2) is 0 Å². The molecule has 0 spiro atoms. The van der Waals surface area contributed by atoms with E-state index in [1.54, 1.807) is 0 Å². The highest BCUT2D eigenvalue weighted by atomic mass is 19.4. The van der Waals surface area contributed by atoms with Gasteiger partial charge in [0.05, 0.1) is 11.1 Å². The van der Waals surface area contributed by atoms with Crippen molar-refractivity contribution in [3.05, 3.63) is 29.3 Å². The van der Waals surface area contributed by atoms with Crippen molar-refractivity contribution in [1.29, 1.82) is 0 Å². The van der Waals surface area contributed by atoms with E-state index >= 15 is 0 Å². The molecule has 1 aromatic rings. The van der Waals surface area contributed by atoms with Crippen LogP contribution in [0.4, 0.5) is 30.9 Å². The summed E-state index contributed by atoms with van der Waals surface area (Å²) in [6.45, 7) is 0. The molecular weight excluding hydrogens is 245 g/mol. The molecule has 0 aliphatic heterocycles. The van der Waals surface area contributed by atoms with E-state index in [-0.39, 0.29) is 18.2 Å². The molecule has 0 saturated carbocycles.